The maximum absolute atomic E-state index is 7.06. The minimum Gasteiger partial charge on any atom is -0.399 e. The zero-order chi connectivity index (χ0) is 26.8. The van der Waals surface area contributed by atoms with Crippen LogP contribution in [0.25, 0.3) is 22.3 Å². The normalized spacial score (nSPS) is 13.4. The molecular weight excluding hydrogens is 486 g/mol. The second-order valence-electron chi connectivity index (χ2n) is 10.6. The number of benzene rings is 6. The van der Waals surface area contributed by atoms with E-state index in [0.29, 0.717) is 0 Å². The summed E-state index contributed by atoms with van der Waals surface area (Å²) in [4.78, 5) is 2.31. The minimum atomic E-state index is -0.570. The van der Waals surface area contributed by atoms with Crippen molar-refractivity contribution in [3.8, 4) is 22.3 Å². The van der Waals surface area contributed by atoms with Gasteiger partial charge in [-0.25, -0.2) is 0 Å². The van der Waals surface area contributed by atoms with Gasteiger partial charge in [-0.1, -0.05) is 97.1 Å². The van der Waals surface area contributed by atoms with Gasteiger partial charge >= 0.3 is 0 Å². The Hall–Kier alpha value is -5.28. The van der Waals surface area contributed by atoms with Gasteiger partial charge in [0.05, 0.1) is 16.8 Å². The molecule has 0 aliphatic heterocycles. The maximum Gasteiger partial charge on any atom is 0.0747 e. The van der Waals surface area contributed by atoms with Crippen molar-refractivity contribution in [3.63, 3.8) is 0 Å². The molecule has 40 heavy (non-hydrogen) atoms. The average molecular weight is 514 g/mol. The van der Waals surface area contributed by atoms with Gasteiger partial charge < -0.3 is 16.4 Å². The summed E-state index contributed by atoms with van der Waals surface area (Å²) in [5.74, 6) is 0. The molecule has 8 rings (SSSR count). The van der Waals surface area contributed by atoms with Gasteiger partial charge in [-0.15, -0.1) is 0 Å². The van der Waals surface area contributed by atoms with Crippen molar-refractivity contribution in [1.82, 2.24) is 0 Å². The van der Waals surface area contributed by atoms with E-state index < -0.39 is 5.41 Å². The van der Waals surface area contributed by atoms with Crippen LogP contribution in [0.2, 0.25) is 0 Å². The summed E-state index contributed by atoms with van der Waals surface area (Å²) in [5, 5.41) is 0. The van der Waals surface area contributed by atoms with E-state index in [1.807, 2.05) is 6.07 Å². The van der Waals surface area contributed by atoms with Crippen LogP contribution in [0.15, 0.2) is 140 Å². The van der Waals surface area contributed by atoms with Crippen LogP contribution in [-0.4, -0.2) is 0 Å². The minimum absolute atomic E-state index is 0.570. The zero-order valence-electron chi connectivity index (χ0n) is 21.9. The quantitative estimate of drug-likeness (QED) is 0.232. The summed E-state index contributed by atoms with van der Waals surface area (Å²) in [6.45, 7) is 0. The Morgan fingerprint density at radius 3 is 1.55 bits per heavy atom. The summed E-state index contributed by atoms with van der Waals surface area (Å²) in [5.41, 5.74) is 27.4. The molecular formula is C37H27N3. The van der Waals surface area contributed by atoms with Crippen LogP contribution in [0.1, 0.15) is 22.3 Å². The molecule has 3 nitrogen and oxygen atoms in total. The van der Waals surface area contributed by atoms with E-state index in [1.165, 1.54) is 44.5 Å². The number of para-hydroxylation sites is 2. The topological polar surface area (TPSA) is 55.3 Å². The van der Waals surface area contributed by atoms with Crippen LogP contribution < -0.4 is 16.4 Å². The van der Waals surface area contributed by atoms with E-state index in [2.05, 4.69) is 138 Å². The molecule has 1 spiro atoms. The number of fused-ring (bicyclic) bond motifs is 10. The predicted molar refractivity (Wildman–Crippen MR) is 166 cm³/mol. The average Bonchev–Trinajstić information content (AvgIpc) is 3.46. The highest BCUT2D eigenvalue weighted by atomic mass is 15.2. The number of anilines is 5. The number of rotatable bonds is 3. The monoisotopic (exact) mass is 513 g/mol. The number of nitrogens with zero attached hydrogens (tertiary/aromatic N) is 1. The summed E-state index contributed by atoms with van der Waals surface area (Å²) in [7, 11) is 0. The molecule has 0 aromatic heterocycles. The fourth-order valence-electron chi connectivity index (χ4n) is 7.05. The molecule has 0 unspecified atom stereocenters. The van der Waals surface area contributed by atoms with Gasteiger partial charge in [0.15, 0.2) is 0 Å². The molecule has 0 amide bonds. The highest BCUT2D eigenvalue weighted by molar-refractivity contribution is 6.02. The van der Waals surface area contributed by atoms with E-state index >= 15 is 0 Å². The van der Waals surface area contributed by atoms with Crippen LogP contribution in [0.4, 0.5) is 28.4 Å². The third-order valence-electron chi connectivity index (χ3n) is 8.53. The van der Waals surface area contributed by atoms with Crippen molar-refractivity contribution in [2.24, 2.45) is 0 Å². The highest BCUT2D eigenvalue weighted by Crippen LogP contribution is 2.66. The molecule has 0 saturated heterocycles. The van der Waals surface area contributed by atoms with Crippen molar-refractivity contribution in [3.05, 3.63) is 162 Å². The Morgan fingerprint density at radius 2 is 0.950 bits per heavy atom. The molecule has 2 aliphatic carbocycles. The van der Waals surface area contributed by atoms with Crippen LogP contribution >= 0.6 is 0 Å². The van der Waals surface area contributed by atoms with Gasteiger partial charge in [0, 0.05) is 22.6 Å². The Labute approximate surface area is 234 Å². The first kappa shape index (κ1) is 22.7. The van der Waals surface area contributed by atoms with E-state index in [1.54, 1.807) is 0 Å². The fraction of sp³-hybridized carbons (Fsp3) is 0.0270. The summed E-state index contributed by atoms with van der Waals surface area (Å²) in [6.07, 6.45) is 0. The molecule has 0 saturated carbocycles. The maximum atomic E-state index is 7.06. The van der Waals surface area contributed by atoms with Crippen molar-refractivity contribution >= 4 is 28.4 Å². The lowest BCUT2D eigenvalue weighted by atomic mass is 9.69. The first-order valence-electron chi connectivity index (χ1n) is 13.6. The van der Waals surface area contributed by atoms with Crippen molar-refractivity contribution in [1.29, 1.82) is 0 Å². The number of nitrogen functional groups attached to an aromatic ring is 2. The lowest BCUT2D eigenvalue weighted by molar-refractivity contribution is 0.794. The van der Waals surface area contributed by atoms with Crippen molar-refractivity contribution in [2.75, 3.05) is 16.4 Å². The molecule has 0 bridgehead atoms. The van der Waals surface area contributed by atoms with Crippen molar-refractivity contribution in [2.45, 2.75) is 5.41 Å². The molecule has 0 atom stereocenters. The third kappa shape index (κ3) is 2.89. The van der Waals surface area contributed by atoms with Gasteiger partial charge in [-0.2, -0.15) is 0 Å². The van der Waals surface area contributed by atoms with Gasteiger partial charge in [0.1, 0.15) is 0 Å². The molecule has 190 valence electrons. The molecule has 0 radical (unpaired) electrons. The van der Waals surface area contributed by atoms with E-state index in [-0.39, 0.29) is 0 Å². The smallest absolute Gasteiger partial charge is 0.0747 e. The lowest BCUT2D eigenvalue weighted by Gasteiger charge is -2.36. The van der Waals surface area contributed by atoms with E-state index in [0.717, 1.165) is 28.4 Å². The zero-order valence-corrected chi connectivity index (χ0v) is 21.9. The molecule has 0 heterocycles. The fourth-order valence-corrected chi connectivity index (χ4v) is 7.05. The molecule has 6 aromatic carbocycles. The number of hydrogen-bond donors (Lipinski definition) is 2. The molecule has 2 aliphatic rings. The summed E-state index contributed by atoms with van der Waals surface area (Å²) >= 11 is 0. The summed E-state index contributed by atoms with van der Waals surface area (Å²) in [6, 6.07) is 49.2. The Balaban J connectivity index is 1.58. The van der Waals surface area contributed by atoms with Crippen LogP contribution in [0, 0.1) is 0 Å². The van der Waals surface area contributed by atoms with Gasteiger partial charge in [-0.05, 0) is 81.4 Å². The Morgan fingerprint density at radius 1 is 0.450 bits per heavy atom. The Bertz CT molecular complexity index is 1840. The standard InChI is InChI=1S/C37H27N3/c38-24-19-20-29-30-21-22-34(39)36(40(25-11-3-1-4-12-25)26-13-5-2-6-14-26)35(30)37(33(29)23-24)31-17-9-7-15-27(31)28-16-8-10-18-32(28)37/h1-23H,38-39H2. The van der Waals surface area contributed by atoms with Crippen molar-refractivity contribution < 1.29 is 0 Å². The van der Waals surface area contributed by atoms with Gasteiger partial charge in [0.25, 0.3) is 0 Å². The van der Waals surface area contributed by atoms with Crippen LogP contribution in [-0.2, 0) is 5.41 Å². The number of nitrogens with two attached hydrogens (primary N) is 2. The first-order chi connectivity index (χ1) is 19.7. The number of hydrogen-bond acceptors (Lipinski definition) is 3. The molecule has 3 heteroatoms. The predicted octanol–water partition coefficient (Wildman–Crippen LogP) is 8.66. The van der Waals surface area contributed by atoms with Gasteiger partial charge in [0.2, 0.25) is 0 Å². The molecule has 4 N–H and O–H groups in total. The Kier molecular flexibility index (Phi) is 4.74. The molecule has 0 fully saturated rings. The summed E-state index contributed by atoms with van der Waals surface area (Å²) < 4.78 is 0. The van der Waals surface area contributed by atoms with Crippen LogP contribution in [0.3, 0.4) is 0 Å². The second kappa shape index (κ2) is 8.36. The van der Waals surface area contributed by atoms with E-state index in [9.17, 15) is 0 Å². The van der Waals surface area contributed by atoms with Gasteiger partial charge in [-0.3, -0.25) is 0 Å². The third-order valence-corrected chi connectivity index (χ3v) is 8.53. The second-order valence-corrected chi connectivity index (χ2v) is 10.6. The first-order valence-corrected chi connectivity index (χ1v) is 13.6. The lowest BCUT2D eigenvalue weighted by Crippen LogP contribution is -2.29. The SMILES string of the molecule is Nc1ccc2c(c1)C1(c3ccccc3-c3ccccc31)c1c-2ccc(N)c1N(c1ccccc1)c1ccccc1. The van der Waals surface area contributed by atoms with Crippen LogP contribution in [0.5, 0.6) is 0 Å². The van der Waals surface area contributed by atoms with E-state index in [4.69, 9.17) is 11.5 Å². The largest absolute Gasteiger partial charge is 0.399 e. The highest BCUT2D eigenvalue weighted by Gasteiger charge is 2.53. The molecule has 6 aromatic rings.